The van der Waals surface area contributed by atoms with E-state index < -0.39 is 24.0 Å². The lowest BCUT2D eigenvalue weighted by Crippen LogP contribution is -2.25. The Morgan fingerprint density at radius 3 is 2.65 bits per heavy atom. The van der Waals surface area contributed by atoms with Gasteiger partial charge >= 0.3 is 12.3 Å². The number of para-hydroxylation sites is 1. The normalized spacial score (nSPS) is 11.2. The van der Waals surface area contributed by atoms with Gasteiger partial charge < -0.3 is 14.8 Å². The van der Waals surface area contributed by atoms with E-state index in [2.05, 4.69) is 15.2 Å². The Bertz CT molecular complexity index is 1050. The van der Waals surface area contributed by atoms with Crippen LogP contribution in [0, 0.1) is 0 Å². The van der Waals surface area contributed by atoms with Gasteiger partial charge in [-0.3, -0.25) is 14.3 Å². The summed E-state index contributed by atoms with van der Waals surface area (Å²) in [6.07, 6.45) is -4.92. The molecule has 0 saturated heterocycles. The lowest BCUT2D eigenvalue weighted by atomic mass is 10.2. The van der Waals surface area contributed by atoms with Gasteiger partial charge in [0, 0.05) is 0 Å². The van der Waals surface area contributed by atoms with Crippen molar-refractivity contribution in [2.24, 2.45) is 0 Å². The highest BCUT2D eigenvalue weighted by Crippen LogP contribution is 2.27. The third-order valence-electron chi connectivity index (χ3n) is 3.98. The molecule has 1 amide bonds. The predicted molar refractivity (Wildman–Crippen MR) is 106 cm³/mol. The summed E-state index contributed by atoms with van der Waals surface area (Å²) in [6.45, 7) is 1.75. The minimum absolute atomic E-state index is 0.0621. The van der Waals surface area contributed by atoms with Crippen molar-refractivity contribution in [2.75, 3.05) is 6.61 Å². The van der Waals surface area contributed by atoms with Crippen LogP contribution in [-0.4, -0.2) is 34.6 Å². The highest BCUT2D eigenvalue weighted by Gasteiger charge is 2.32. The van der Waals surface area contributed by atoms with Crippen molar-refractivity contribution >= 4 is 23.2 Å². The number of ether oxygens (including phenoxy) is 2. The SMILES string of the molecule is CCOC(=O)Cn1nc(CNC(=O)c2ccccc2OC(F)(F)F)cc1-c1cccs1. The maximum absolute atomic E-state index is 12.6. The number of esters is 1. The Labute approximate surface area is 179 Å². The third-order valence-corrected chi connectivity index (χ3v) is 4.87. The van der Waals surface area contributed by atoms with Crippen LogP contribution in [0.25, 0.3) is 10.6 Å². The van der Waals surface area contributed by atoms with Crippen molar-refractivity contribution in [2.45, 2.75) is 26.4 Å². The van der Waals surface area contributed by atoms with Gasteiger partial charge in [0.2, 0.25) is 0 Å². The molecule has 0 saturated carbocycles. The fraction of sp³-hybridized carbons (Fsp3) is 0.250. The van der Waals surface area contributed by atoms with E-state index in [4.69, 9.17) is 4.74 Å². The van der Waals surface area contributed by atoms with Gasteiger partial charge in [0.15, 0.2) is 0 Å². The van der Waals surface area contributed by atoms with Crippen LogP contribution in [0.5, 0.6) is 5.75 Å². The van der Waals surface area contributed by atoms with Crippen molar-refractivity contribution in [3.63, 3.8) is 0 Å². The quantitative estimate of drug-likeness (QED) is 0.522. The van der Waals surface area contributed by atoms with Gasteiger partial charge in [0.1, 0.15) is 12.3 Å². The molecule has 0 fully saturated rings. The molecule has 0 radical (unpaired) electrons. The maximum Gasteiger partial charge on any atom is 0.573 e. The minimum Gasteiger partial charge on any atom is -0.465 e. The van der Waals surface area contributed by atoms with Crippen LogP contribution in [0.3, 0.4) is 0 Å². The van der Waals surface area contributed by atoms with E-state index in [1.807, 2.05) is 17.5 Å². The number of halogens is 3. The third kappa shape index (κ3) is 6.07. The Morgan fingerprint density at radius 1 is 1.19 bits per heavy atom. The second kappa shape index (κ2) is 9.65. The Balaban J connectivity index is 1.76. The van der Waals surface area contributed by atoms with Crippen molar-refractivity contribution < 1.29 is 32.2 Å². The fourth-order valence-corrected chi connectivity index (χ4v) is 3.51. The van der Waals surface area contributed by atoms with Gasteiger partial charge in [-0.1, -0.05) is 18.2 Å². The molecule has 0 aliphatic rings. The summed E-state index contributed by atoms with van der Waals surface area (Å²) in [5, 5.41) is 8.73. The molecule has 3 aromatic rings. The number of thiophene rings is 1. The number of rotatable bonds is 8. The second-order valence-electron chi connectivity index (χ2n) is 6.19. The van der Waals surface area contributed by atoms with Crippen LogP contribution in [0.4, 0.5) is 13.2 Å². The van der Waals surface area contributed by atoms with Gasteiger partial charge in [-0.05, 0) is 36.6 Å². The van der Waals surface area contributed by atoms with Crippen LogP contribution in [0.15, 0.2) is 47.8 Å². The molecular weight excluding hydrogens is 435 g/mol. The average molecular weight is 453 g/mol. The number of nitrogens with one attached hydrogen (secondary N) is 1. The van der Waals surface area contributed by atoms with Crippen LogP contribution in [-0.2, 0) is 22.6 Å². The van der Waals surface area contributed by atoms with Crippen molar-refractivity contribution in [1.29, 1.82) is 0 Å². The van der Waals surface area contributed by atoms with E-state index in [1.165, 1.54) is 34.2 Å². The molecule has 31 heavy (non-hydrogen) atoms. The van der Waals surface area contributed by atoms with Gasteiger partial charge in [0.05, 0.1) is 35.0 Å². The summed E-state index contributed by atoms with van der Waals surface area (Å²) >= 11 is 1.45. The van der Waals surface area contributed by atoms with Gasteiger partial charge in [-0.25, -0.2) is 0 Å². The zero-order valence-electron chi connectivity index (χ0n) is 16.3. The molecule has 2 heterocycles. The topological polar surface area (TPSA) is 82.5 Å². The Kier molecular flexibility index (Phi) is 6.95. The largest absolute Gasteiger partial charge is 0.573 e. The molecule has 7 nitrogen and oxygen atoms in total. The second-order valence-corrected chi connectivity index (χ2v) is 7.14. The molecule has 0 unspecified atom stereocenters. The number of nitrogens with zero attached hydrogens (tertiary/aromatic N) is 2. The summed E-state index contributed by atoms with van der Waals surface area (Å²) in [6, 6.07) is 10.5. The summed E-state index contributed by atoms with van der Waals surface area (Å²) in [7, 11) is 0. The molecule has 1 N–H and O–H groups in total. The molecule has 3 rings (SSSR count). The van der Waals surface area contributed by atoms with E-state index in [0.29, 0.717) is 11.4 Å². The number of hydrogen-bond donors (Lipinski definition) is 1. The lowest BCUT2D eigenvalue weighted by Gasteiger charge is -2.12. The number of amides is 1. The van der Waals surface area contributed by atoms with E-state index in [9.17, 15) is 22.8 Å². The zero-order valence-corrected chi connectivity index (χ0v) is 17.1. The van der Waals surface area contributed by atoms with E-state index in [1.54, 1.807) is 13.0 Å². The average Bonchev–Trinajstić information content (AvgIpc) is 3.35. The Hall–Kier alpha value is -3.34. The summed E-state index contributed by atoms with van der Waals surface area (Å²) in [5.74, 6) is -1.81. The molecule has 0 aliphatic carbocycles. The number of alkyl halides is 3. The summed E-state index contributed by atoms with van der Waals surface area (Å²) < 4.78 is 48.1. The van der Waals surface area contributed by atoms with Crippen molar-refractivity contribution in [3.05, 3.63) is 59.1 Å². The molecular formula is C20H18F3N3O4S. The number of carbonyl (C=O) groups is 2. The molecule has 0 spiro atoms. The zero-order chi connectivity index (χ0) is 22.4. The van der Waals surface area contributed by atoms with Crippen LogP contribution >= 0.6 is 11.3 Å². The van der Waals surface area contributed by atoms with Gasteiger partial charge in [-0.2, -0.15) is 5.10 Å². The maximum atomic E-state index is 12.6. The first-order valence-electron chi connectivity index (χ1n) is 9.16. The first-order chi connectivity index (χ1) is 14.8. The lowest BCUT2D eigenvalue weighted by molar-refractivity contribution is -0.274. The van der Waals surface area contributed by atoms with E-state index in [0.717, 1.165) is 10.9 Å². The number of aromatic nitrogens is 2. The molecule has 0 aliphatic heterocycles. The molecule has 1 aromatic carbocycles. The van der Waals surface area contributed by atoms with Crippen molar-refractivity contribution in [3.8, 4) is 16.3 Å². The van der Waals surface area contributed by atoms with Gasteiger partial charge in [-0.15, -0.1) is 24.5 Å². The monoisotopic (exact) mass is 453 g/mol. The first-order valence-corrected chi connectivity index (χ1v) is 10.0. The van der Waals surface area contributed by atoms with E-state index in [-0.39, 0.29) is 25.3 Å². The minimum atomic E-state index is -4.92. The molecule has 0 atom stereocenters. The van der Waals surface area contributed by atoms with E-state index >= 15 is 0 Å². The predicted octanol–water partition coefficient (Wildman–Crippen LogP) is 4.00. The molecule has 164 valence electrons. The Morgan fingerprint density at radius 2 is 1.97 bits per heavy atom. The highest BCUT2D eigenvalue weighted by atomic mass is 32.1. The number of benzene rings is 1. The van der Waals surface area contributed by atoms with Crippen LogP contribution < -0.4 is 10.1 Å². The number of carbonyl (C=O) groups excluding carboxylic acids is 2. The summed E-state index contributed by atoms with van der Waals surface area (Å²) in [4.78, 5) is 25.2. The molecule has 2 aromatic heterocycles. The van der Waals surface area contributed by atoms with Crippen LogP contribution in [0.1, 0.15) is 23.0 Å². The van der Waals surface area contributed by atoms with Gasteiger partial charge in [0.25, 0.3) is 5.91 Å². The smallest absolute Gasteiger partial charge is 0.465 e. The highest BCUT2D eigenvalue weighted by molar-refractivity contribution is 7.13. The fourth-order valence-electron chi connectivity index (χ4n) is 2.76. The molecule has 0 bridgehead atoms. The number of hydrogen-bond acceptors (Lipinski definition) is 6. The van der Waals surface area contributed by atoms with Crippen molar-refractivity contribution in [1.82, 2.24) is 15.1 Å². The first kappa shape index (κ1) is 22.3. The standard InChI is InChI=1S/C20H18F3N3O4S/c1-2-29-18(27)12-26-15(17-8-5-9-31-17)10-13(25-26)11-24-19(28)14-6-3-4-7-16(14)30-20(21,22)23/h3-10H,2,11-12H2,1H3,(H,24,28). The summed E-state index contributed by atoms with van der Waals surface area (Å²) in [5.41, 5.74) is 0.827. The van der Waals surface area contributed by atoms with Crippen LogP contribution in [0.2, 0.25) is 0 Å². The molecule has 11 heteroatoms.